The highest BCUT2D eigenvalue weighted by Crippen LogP contribution is 2.31. The summed E-state index contributed by atoms with van der Waals surface area (Å²) in [7, 11) is -4.20. The van der Waals surface area contributed by atoms with Crippen molar-refractivity contribution in [2.24, 2.45) is 0 Å². The Morgan fingerprint density at radius 3 is 1.95 bits per heavy atom. The minimum atomic E-state index is -4.20. The largest absolute Gasteiger partial charge is 0.350 e. The number of aryl methyl sites for hydroxylation is 2. The van der Waals surface area contributed by atoms with Crippen molar-refractivity contribution >= 4 is 50.7 Å². The van der Waals surface area contributed by atoms with Gasteiger partial charge in [0.05, 0.1) is 20.6 Å². The standard InChI is InChI=1S/C30H35Cl2N3O4S/c1-20-7-11-23(12-8-20)18-34(22(3)29(37)33-30(4,5)6)28(36)19-35(24-13-16-26(31)27(32)17-24)40(38,39)25-14-9-21(2)10-15-25/h7-17,22H,18-19H2,1-6H3,(H,33,37)/t22-/m1/s1. The zero-order chi connectivity index (χ0) is 29.8. The predicted octanol–water partition coefficient (Wildman–Crippen LogP) is 6.14. The summed E-state index contributed by atoms with van der Waals surface area (Å²) in [4.78, 5) is 28.5. The molecule has 7 nitrogen and oxygen atoms in total. The Morgan fingerprint density at radius 1 is 0.875 bits per heavy atom. The summed E-state index contributed by atoms with van der Waals surface area (Å²) in [6.07, 6.45) is 0. The van der Waals surface area contributed by atoms with E-state index in [1.807, 2.05) is 58.9 Å². The molecule has 1 N–H and O–H groups in total. The molecule has 0 bridgehead atoms. The molecule has 0 unspecified atom stereocenters. The van der Waals surface area contributed by atoms with Crippen molar-refractivity contribution in [2.45, 2.75) is 64.6 Å². The summed E-state index contributed by atoms with van der Waals surface area (Å²) in [6, 6.07) is 17.4. The lowest BCUT2D eigenvalue weighted by Crippen LogP contribution is -2.54. The van der Waals surface area contributed by atoms with Crippen LogP contribution in [0.2, 0.25) is 10.0 Å². The molecule has 40 heavy (non-hydrogen) atoms. The molecule has 3 aromatic carbocycles. The van der Waals surface area contributed by atoms with Gasteiger partial charge in [-0.05, 0) is 77.4 Å². The van der Waals surface area contributed by atoms with Crippen LogP contribution in [0.4, 0.5) is 5.69 Å². The van der Waals surface area contributed by atoms with E-state index in [9.17, 15) is 18.0 Å². The number of nitrogens with one attached hydrogen (secondary N) is 1. The number of rotatable bonds is 9. The van der Waals surface area contributed by atoms with Gasteiger partial charge in [-0.25, -0.2) is 8.42 Å². The van der Waals surface area contributed by atoms with E-state index in [2.05, 4.69) is 5.32 Å². The van der Waals surface area contributed by atoms with Crippen LogP contribution in [-0.4, -0.2) is 43.3 Å². The van der Waals surface area contributed by atoms with Crippen LogP contribution >= 0.6 is 23.2 Å². The molecule has 0 aromatic heterocycles. The van der Waals surface area contributed by atoms with Gasteiger partial charge < -0.3 is 10.2 Å². The van der Waals surface area contributed by atoms with Gasteiger partial charge in [-0.2, -0.15) is 0 Å². The average Bonchev–Trinajstić information content (AvgIpc) is 2.87. The van der Waals surface area contributed by atoms with Crippen molar-refractivity contribution in [3.8, 4) is 0 Å². The number of halogens is 2. The molecule has 2 amide bonds. The van der Waals surface area contributed by atoms with Gasteiger partial charge in [0.25, 0.3) is 10.0 Å². The SMILES string of the molecule is Cc1ccc(CN(C(=O)CN(c2ccc(Cl)c(Cl)c2)S(=O)(=O)c2ccc(C)cc2)[C@H](C)C(=O)NC(C)(C)C)cc1. The predicted molar refractivity (Wildman–Crippen MR) is 161 cm³/mol. The lowest BCUT2D eigenvalue weighted by Gasteiger charge is -2.33. The molecule has 0 aliphatic carbocycles. The molecule has 10 heteroatoms. The Morgan fingerprint density at radius 2 is 1.43 bits per heavy atom. The second-order valence-electron chi connectivity index (χ2n) is 10.8. The van der Waals surface area contributed by atoms with Crippen molar-refractivity contribution in [1.82, 2.24) is 10.2 Å². The minimum absolute atomic E-state index is 0.0144. The molecule has 0 saturated heterocycles. The number of carbonyl (C=O) groups is 2. The monoisotopic (exact) mass is 603 g/mol. The van der Waals surface area contributed by atoms with E-state index in [1.54, 1.807) is 19.1 Å². The molecular formula is C30H35Cl2N3O4S. The number of nitrogens with zero attached hydrogens (tertiary/aromatic N) is 2. The number of amides is 2. The van der Waals surface area contributed by atoms with Gasteiger partial charge in [-0.15, -0.1) is 0 Å². The smallest absolute Gasteiger partial charge is 0.264 e. The summed E-state index contributed by atoms with van der Waals surface area (Å²) in [5.41, 5.74) is 2.39. The van der Waals surface area contributed by atoms with E-state index in [0.717, 1.165) is 21.0 Å². The number of carbonyl (C=O) groups excluding carboxylic acids is 2. The van der Waals surface area contributed by atoms with Gasteiger partial charge in [0.1, 0.15) is 12.6 Å². The quantitative estimate of drug-likeness (QED) is 0.318. The van der Waals surface area contributed by atoms with E-state index < -0.39 is 34.1 Å². The Labute approximate surface area is 247 Å². The number of hydrogen-bond acceptors (Lipinski definition) is 4. The third-order valence-electron chi connectivity index (χ3n) is 6.22. The summed E-state index contributed by atoms with van der Waals surface area (Å²) >= 11 is 12.3. The van der Waals surface area contributed by atoms with Gasteiger partial charge >= 0.3 is 0 Å². The zero-order valence-electron chi connectivity index (χ0n) is 23.5. The van der Waals surface area contributed by atoms with Crippen molar-refractivity contribution in [1.29, 1.82) is 0 Å². The molecule has 3 aromatic rings. The first-order valence-electron chi connectivity index (χ1n) is 12.8. The van der Waals surface area contributed by atoms with E-state index in [4.69, 9.17) is 23.2 Å². The van der Waals surface area contributed by atoms with Crippen LogP contribution in [0.1, 0.15) is 44.4 Å². The molecule has 0 heterocycles. The number of benzene rings is 3. The average molecular weight is 605 g/mol. The van der Waals surface area contributed by atoms with Gasteiger partial charge in [-0.3, -0.25) is 13.9 Å². The maximum Gasteiger partial charge on any atom is 0.264 e. The van der Waals surface area contributed by atoms with Crippen LogP contribution in [0.15, 0.2) is 71.6 Å². The summed E-state index contributed by atoms with van der Waals surface area (Å²) in [5, 5.41) is 3.30. The fourth-order valence-electron chi connectivity index (χ4n) is 3.95. The van der Waals surface area contributed by atoms with Crippen LogP contribution in [0.3, 0.4) is 0 Å². The number of hydrogen-bond donors (Lipinski definition) is 1. The highest BCUT2D eigenvalue weighted by Gasteiger charge is 2.33. The van der Waals surface area contributed by atoms with E-state index in [-0.39, 0.29) is 33.1 Å². The second-order valence-corrected chi connectivity index (χ2v) is 13.5. The van der Waals surface area contributed by atoms with Gasteiger partial charge in [0.15, 0.2) is 0 Å². The van der Waals surface area contributed by atoms with Gasteiger partial charge in [-0.1, -0.05) is 70.7 Å². The van der Waals surface area contributed by atoms with Crippen LogP contribution in [0.5, 0.6) is 0 Å². The van der Waals surface area contributed by atoms with Gasteiger partial charge in [0.2, 0.25) is 11.8 Å². The third-order valence-corrected chi connectivity index (χ3v) is 8.75. The molecule has 1 atom stereocenters. The Hall–Kier alpha value is -3.07. The van der Waals surface area contributed by atoms with Crippen LogP contribution < -0.4 is 9.62 Å². The molecule has 3 rings (SSSR count). The van der Waals surface area contributed by atoms with Crippen LogP contribution in [0.25, 0.3) is 0 Å². The normalized spacial score (nSPS) is 12.5. The van der Waals surface area contributed by atoms with Gasteiger partial charge in [0, 0.05) is 12.1 Å². The lowest BCUT2D eigenvalue weighted by molar-refractivity contribution is -0.140. The molecule has 0 fully saturated rings. The third kappa shape index (κ3) is 7.99. The minimum Gasteiger partial charge on any atom is -0.350 e. The highest BCUT2D eigenvalue weighted by molar-refractivity contribution is 7.92. The molecule has 0 aliphatic rings. The van der Waals surface area contributed by atoms with Crippen molar-refractivity contribution in [2.75, 3.05) is 10.8 Å². The van der Waals surface area contributed by atoms with Crippen LogP contribution in [0, 0.1) is 13.8 Å². The second kappa shape index (κ2) is 12.6. The number of sulfonamides is 1. The first kappa shape index (κ1) is 31.5. The fraction of sp³-hybridized carbons (Fsp3) is 0.333. The highest BCUT2D eigenvalue weighted by atomic mass is 35.5. The first-order chi connectivity index (χ1) is 18.6. The van der Waals surface area contributed by atoms with E-state index in [0.29, 0.717) is 0 Å². The maximum absolute atomic E-state index is 14.0. The Bertz CT molecular complexity index is 1470. The summed E-state index contributed by atoms with van der Waals surface area (Å²) in [5.74, 6) is -0.908. The first-order valence-corrected chi connectivity index (χ1v) is 15.0. The molecule has 0 spiro atoms. The molecule has 0 saturated carbocycles. The molecular weight excluding hydrogens is 569 g/mol. The zero-order valence-corrected chi connectivity index (χ0v) is 25.9. The Balaban J connectivity index is 2.06. The summed E-state index contributed by atoms with van der Waals surface area (Å²) in [6.45, 7) is 10.5. The van der Waals surface area contributed by atoms with Crippen LogP contribution in [-0.2, 0) is 26.2 Å². The topological polar surface area (TPSA) is 86.8 Å². The van der Waals surface area contributed by atoms with Crippen molar-refractivity contribution < 1.29 is 18.0 Å². The summed E-state index contributed by atoms with van der Waals surface area (Å²) < 4.78 is 28.8. The van der Waals surface area contributed by atoms with Crippen molar-refractivity contribution in [3.63, 3.8) is 0 Å². The Kier molecular flexibility index (Phi) is 9.93. The molecule has 0 aliphatic heterocycles. The van der Waals surface area contributed by atoms with E-state index >= 15 is 0 Å². The van der Waals surface area contributed by atoms with Crippen molar-refractivity contribution in [3.05, 3.63) is 93.5 Å². The van der Waals surface area contributed by atoms with E-state index in [1.165, 1.54) is 35.2 Å². The lowest BCUT2D eigenvalue weighted by atomic mass is 10.1. The number of anilines is 1. The fourth-order valence-corrected chi connectivity index (χ4v) is 5.65. The molecule has 214 valence electrons. The maximum atomic E-state index is 14.0. The molecule has 0 radical (unpaired) electrons.